The molecule has 4 aliphatic carbocycles. The van der Waals surface area contributed by atoms with E-state index in [2.05, 4.69) is 0 Å². The zero-order valence-corrected chi connectivity index (χ0v) is 21.9. The van der Waals surface area contributed by atoms with Crippen molar-refractivity contribution in [3.8, 4) is 0 Å². The molecular formula is C30H36FNO6. The molecule has 0 aromatic heterocycles. The highest BCUT2D eigenvalue weighted by Crippen LogP contribution is 2.68. The van der Waals surface area contributed by atoms with Gasteiger partial charge in [-0.15, -0.1) is 0 Å². The maximum absolute atomic E-state index is 17.9. The number of halogens is 1. The largest absolute Gasteiger partial charge is 0.459 e. The van der Waals surface area contributed by atoms with E-state index in [1.807, 2.05) is 0 Å². The predicted molar refractivity (Wildman–Crippen MR) is 138 cm³/mol. The third-order valence-electron chi connectivity index (χ3n) is 10.1. The lowest BCUT2D eigenvalue weighted by molar-refractivity contribution is -0.215. The number of nitrogens with two attached hydrogens (primary N) is 1. The van der Waals surface area contributed by atoms with Crippen molar-refractivity contribution in [3.05, 3.63) is 53.6 Å². The Kier molecular flexibility index (Phi) is 6.63. The van der Waals surface area contributed by atoms with Gasteiger partial charge in [-0.1, -0.05) is 43.7 Å². The minimum absolute atomic E-state index is 0.0788. The summed E-state index contributed by atoms with van der Waals surface area (Å²) in [5.74, 6) is -3.75. The van der Waals surface area contributed by atoms with Gasteiger partial charge in [0, 0.05) is 22.9 Å². The van der Waals surface area contributed by atoms with E-state index in [0.29, 0.717) is 36.9 Å². The fraction of sp³-hybridized carbons (Fsp3) is 0.567. The Morgan fingerprint density at radius 1 is 1.24 bits per heavy atom. The molecule has 8 heteroatoms. The Hall–Kier alpha value is -2.84. The molecule has 38 heavy (non-hydrogen) atoms. The monoisotopic (exact) mass is 525 g/mol. The molecule has 8 atom stereocenters. The first-order valence-electron chi connectivity index (χ1n) is 13.4. The van der Waals surface area contributed by atoms with Gasteiger partial charge < -0.3 is 20.7 Å². The van der Waals surface area contributed by atoms with Crippen LogP contribution in [0.15, 0.2) is 48.1 Å². The number of alkyl halides is 1. The number of Topliss-reactive ketones (excluding diaryl/α,β-unsaturated/α-hetero) is 1. The van der Waals surface area contributed by atoms with Gasteiger partial charge >= 0.3 is 5.97 Å². The summed E-state index contributed by atoms with van der Waals surface area (Å²) >= 11 is 0. The summed E-state index contributed by atoms with van der Waals surface area (Å²) < 4.78 is 23.8. The van der Waals surface area contributed by atoms with Crippen molar-refractivity contribution in [2.24, 2.45) is 29.1 Å². The molecule has 3 unspecified atom stereocenters. The Bertz CT molecular complexity index is 1230. The number of esters is 1. The number of hydrogen-bond donors (Lipinski definition) is 3. The van der Waals surface area contributed by atoms with Crippen LogP contribution in [0, 0.1) is 29.1 Å². The van der Waals surface area contributed by atoms with E-state index >= 15 is 4.39 Å². The molecule has 0 spiro atoms. The number of para-hydroxylation sites is 1. The van der Waals surface area contributed by atoms with Crippen molar-refractivity contribution < 1.29 is 33.7 Å². The maximum atomic E-state index is 17.9. The Balaban J connectivity index is 1.58. The fourth-order valence-electron chi connectivity index (χ4n) is 8.18. The third kappa shape index (κ3) is 3.87. The van der Waals surface area contributed by atoms with Gasteiger partial charge in [-0.05, 0) is 67.7 Å². The van der Waals surface area contributed by atoms with Gasteiger partial charge in [0.25, 0.3) is 0 Å². The second-order valence-electron chi connectivity index (χ2n) is 11.9. The molecule has 2 bridgehead atoms. The average molecular weight is 526 g/mol. The second-order valence-corrected chi connectivity index (χ2v) is 11.9. The number of carbonyl (C=O) groups is 3. The molecule has 5 rings (SSSR count). The van der Waals surface area contributed by atoms with Crippen LogP contribution in [0.1, 0.15) is 51.5 Å². The molecule has 0 heterocycles. The quantitative estimate of drug-likeness (QED) is 0.398. The van der Waals surface area contributed by atoms with Crippen LogP contribution >= 0.6 is 0 Å². The van der Waals surface area contributed by atoms with E-state index in [0.717, 1.165) is 5.57 Å². The van der Waals surface area contributed by atoms with E-state index in [1.54, 1.807) is 50.3 Å². The van der Waals surface area contributed by atoms with Crippen molar-refractivity contribution in [3.63, 3.8) is 0 Å². The zero-order chi connectivity index (χ0) is 27.5. The number of fused-ring (bicyclic) bond motifs is 6. The second kappa shape index (κ2) is 9.42. The molecule has 204 valence electrons. The minimum Gasteiger partial charge on any atom is -0.459 e. The highest BCUT2D eigenvalue weighted by Gasteiger charge is 2.73. The van der Waals surface area contributed by atoms with E-state index in [4.69, 9.17) is 10.5 Å². The summed E-state index contributed by atoms with van der Waals surface area (Å²) in [6, 6.07) is 6.89. The Morgan fingerprint density at radius 2 is 1.97 bits per heavy atom. The molecule has 7 nitrogen and oxygen atoms in total. The van der Waals surface area contributed by atoms with Gasteiger partial charge in [0.05, 0.1) is 6.42 Å². The standard InChI is InChI=1S/C30H36FNO6/c1-17-11-23-22-10-7-18-12-20(8-9-21(34)13-18)29(22,31)26(15-28(23,2)30(17,37)25(35)16-33)38-27(36)14-19-5-3-4-6-24(19)32/h3-6,8-9,13,17,20,22-23,26,33,37H,7,10-12,14-16,32H2,1-2H3/t17-,20-,22?,23?,26+,28+,29+,30?/m1/s1. The van der Waals surface area contributed by atoms with Crippen molar-refractivity contribution >= 4 is 23.2 Å². The summed E-state index contributed by atoms with van der Waals surface area (Å²) in [5, 5.41) is 21.6. The predicted octanol–water partition coefficient (Wildman–Crippen LogP) is 3.27. The SMILES string of the molecule is C[C@@H]1CC2C3CCC4=CC(=O)C=C[C@H](C4)[C@@]3(F)[C@@H](OC(=O)Cc3ccccc3N)C[C@]2(C)C1(O)C(=O)CO. The van der Waals surface area contributed by atoms with Crippen LogP contribution in [0.2, 0.25) is 0 Å². The number of hydrogen-bond acceptors (Lipinski definition) is 7. The average Bonchev–Trinajstić information content (AvgIpc) is 3.03. The summed E-state index contributed by atoms with van der Waals surface area (Å²) in [4.78, 5) is 38.5. The van der Waals surface area contributed by atoms with E-state index in [1.165, 1.54) is 6.08 Å². The molecule has 4 N–H and O–H groups in total. The number of ketones is 2. The number of allylic oxidation sites excluding steroid dienone is 4. The first-order valence-corrected chi connectivity index (χ1v) is 13.4. The number of anilines is 1. The van der Waals surface area contributed by atoms with Crippen LogP contribution in [-0.2, 0) is 25.5 Å². The number of aliphatic hydroxyl groups excluding tert-OH is 1. The minimum atomic E-state index is -2.01. The fourth-order valence-corrected chi connectivity index (χ4v) is 8.18. The van der Waals surface area contributed by atoms with Crippen molar-refractivity contribution in [1.82, 2.24) is 0 Å². The summed E-state index contributed by atoms with van der Waals surface area (Å²) in [5.41, 5.74) is 2.85. The molecule has 0 aliphatic heterocycles. The molecule has 3 saturated carbocycles. The Morgan fingerprint density at radius 3 is 2.68 bits per heavy atom. The normalized spacial score (nSPS) is 39.9. The van der Waals surface area contributed by atoms with Crippen LogP contribution < -0.4 is 5.73 Å². The maximum Gasteiger partial charge on any atom is 0.310 e. The first-order chi connectivity index (χ1) is 17.9. The van der Waals surface area contributed by atoms with E-state index < -0.39 is 58.9 Å². The van der Waals surface area contributed by atoms with Crippen molar-refractivity contribution in [2.75, 3.05) is 12.3 Å². The molecular weight excluding hydrogens is 489 g/mol. The molecule has 0 amide bonds. The molecule has 0 saturated heterocycles. The highest BCUT2D eigenvalue weighted by atomic mass is 19.1. The van der Waals surface area contributed by atoms with Gasteiger partial charge in [-0.3, -0.25) is 14.4 Å². The smallest absolute Gasteiger partial charge is 0.310 e. The van der Waals surface area contributed by atoms with Crippen LogP contribution in [-0.4, -0.2) is 51.7 Å². The molecule has 3 fully saturated rings. The molecule has 1 aromatic rings. The van der Waals surface area contributed by atoms with Crippen LogP contribution in [0.25, 0.3) is 0 Å². The van der Waals surface area contributed by atoms with Gasteiger partial charge in [-0.2, -0.15) is 0 Å². The van der Waals surface area contributed by atoms with Crippen molar-refractivity contribution in [2.45, 2.75) is 69.7 Å². The highest BCUT2D eigenvalue weighted by molar-refractivity contribution is 6.00. The number of benzene rings is 1. The van der Waals surface area contributed by atoms with Gasteiger partial charge in [0.2, 0.25) is 0 Å². The lowest BCUT2D eigenvalue weighted by Crippen LogP contribution is -2.66. The Labute approximate surface area is 221 Å². The lowest BCUT2D eigenvalue weighted by atomic mass is 9.51. The number of ether oxygens (including phenoxy) is 1. The summed E-state index contributed by atoms with van der Waals surface area (Å²) in [6.45, 7) is 2.70. The van der Waals surface area contributed by atoms with Gasteiger partial charge in [0.15, 0.2) is 17.2 Å². The van der Waals surface area contributed by atoms with Gasteiger partial charge in [-0.25, -0.2) is 4.39 Å². The number of nitrogen functional groups attached to an aromatic ring is 1. The first kappa shape index (κ1) is 26.8. The van der Waals surface area contributed by atoms with Crippen molar-refractivity contribution in [1.29, 1.82) is 0 Å². The number of aliphatic hydroxyl groups is 2. The lowest BCUT2D eigenvalue weighted by Gasteiger charge is -2.57. The molecule has 4 aliphatic rings. The topological polar surface area (TPSA) is 127 Å². The van der Waals surface area contributed by atoms with E-state index in [9.17, 15) is 24.6 Å². The van der Waals surface area contributed by atoms with Crippen LogP contribution in [0.5, 0.6) is 0 Å². The van der Waals surface area contributed by atoms with Crippen LogP contribution in [0.4, 0.5) is 10.1 Å². The summed E-state index contributed by atoms with van der Waals surface area (Å²) in [6.07, 6.45) is 4.72. The van der Waals surface area contributed by atoms with E-state index in [-0.39, 0.29) is 24.5 Å². The summed E-state index contributed by atoms with van der Waals surface area (Å²) in [7, 11) is 0. The number of rotatable bonds is 5. The van der Waals surface area contributed by atoms with Crippen LogP contribution in [0.3, 0.4) is 0 Å². The third-order valence-corrected chi connectivity index (χ3v) is 10.1. The molecule has 0 radical (unpaired) electrons. The van der Waals surface area contributed by atoms with Gasteiger partial charge in [0.1, 0.15) is 18.3 Å². The zero-order valence-electron chi connectivity index (χ0n) is 21.9. The number of carbonyl (C=O) groups excluding carboxylic acids is 3. The molecule has 1 aromatic carbocycles.